The molecule has 0 saturated carbocycles. The lowest BCUT2D eigenvalue weighted by Crippen LogP contribution is -2.32. The number of halogens is 1. The lowest BCUT2D eigenvalue weighted by molar-refractivity contribution is -0.139. The smallest absolute Gasteiger partial charge is 0.295 e. The van der Waals surface area contributed by atoms with E-state index >= 15 is 0 Å². The van der Waals surface area contributed by atoms with Gasteiger partial charge in [-0.05, 0) is 81.0 Å². The van der Waals surface area contributed by atoms with Crippen molar-refractivity contribution in [3.8, 4) is 5.75 Å². The molecule has 6 nitrogen and oxygen atoms in total. The number of aryl methyl sites for hydroxylation is 1. The van der Waals surface area contributed by atoms with Crippen LogP contribution in [-0.4, -0.2) is 53.8 Å². The first-order valence-corrected chi connectivity index (χ1v) is 13.0. The van der Waals surface area contributed by atoms with E-state index in [-0.39, 0.29) is 11.3 Å². The van der Waals surface area contributed by atoms with Crippen molar-refractivity contribution in [2.45, 2.75) is 26.0 Å². The summed E-state index contributed by atoms with van der Waals surface area (Å²) >= 11 is 3.45. The van der Waals surface area contributed by atoms with E-state index in [4.69, 9.17) is 4.74 Å². The van der Waals surface area contributed by atoms with Crippen LogP contribution < -0.4 is 4.74 Å². The first kappa shape index (κ1) is 26.6. The van der Waals surface area contributed by atoms with Crippen LogP contribution in [0.1, 0.15) is 34.7 Å². The average Bonchev–Trinajstić information content (AvgIpc) is 3.13. The summed E-state index contributed by atoms with van der Waals surface area (Å²) in [5, 5.41) is 11.4. The average molecular weight is 563 g/mol. The van der Waals surface area contributed by atoms with Gasteiger partial charge in [-0.3, -0.25) is 9.59 Å². The fourth-order valence-electron chi connectivity index (χ4n) is 4.54. The van der Waals surface area contributed by atoms with Gasteiger partial charge in [0.15, 0.2) is 0 Å². The summed E-state index contributed by atoms with van der Waals surface area (Å²) < 4.78 is 6.81. The van der Waals surface area contributed by atoms with E-state index in [1.54, 1.807) is 17.0 Å². The normalized spacial score (nSPS) is 17.0. The maximum absolute atomic E-state index is 13.3. The number of carbonyl (C=O) groups is 2. The summed E-state index contributed by atoms with van der Waals surface area (Å²) in [5.41, 5.74) is 3.18. The predicted octanol–water partition coefficient (Wildman–Crippen LogP) is 5.71. The van der Waals surface area contributed by atoms with E-state index in [9.17, 15) is 14.7 Å². The molecule has 0 aliphatic carbocycles. The molecule has 0 unspecified atom stereocenters. The molecule has 3 aromatic rings. The number of hydrogen-bond donors (Lipinski definition) is 1. The van der Waals surface area contributed by atoms with Gasteiger partial charge in [-0.1, -0.05) is 58.4 Å². The number of benzene rings is 3. The molecule has 1 aliphatic heterocycles. The molecule has 4 rings (SSSR count). The highest BCUT2D eigenvalue weighted by atomic mass is 79.9. The Morgan fingerprint density at radius 1 is 1.03 bits per heavy atom. The Morgan fingerprint density at radius 3 is 2.38 bits per heavy atom. The second kappa shape index (κ2) is 11.8. The molecule has 0 aromatic heterocycles. The van der Waals surface area contributed by atoms with Crippen LogP contribution in [0.4, 0.5) is 0 Å². The Bertz CT molecular complexity index is 1300. The van der Waals surface area contributed by atoms with Gasteiger partial charge in [-0.25, -0.2) is 0 Å². The minimum Gasteiger partial charge on any atom is -0.507 e. The summed E-state index contributed by atoms with van der Waals surface area (Å²) in [6, 6.07) is 22.0. The van der Waals surface area contributed by atoms with Crippen LogP contribution in [0.15, 0.2) is 82.8 Å². The fraction of sp³-hybridized carbons (Fsp3) is 0.267. The van der Waals surface area contributed by atoms with Crippen LogP contribution in [0.3, 0.4) is 0 Å². The number of aliphatic hydroxyl groups excluding tert-OH is 1. The first-order chi connectivity index (χ1) is 17.8. The minimum atomic E-state index is -0.668. The van der Waals surface area contributed by atoms with Crippen molar-refractivity contribution in [2.75, 3.05) is 27.2 Å². The lowest BCUT2D eigenvalue weighted by atomic mass is 9.94. The van der Waals surface area contributed by atoms with Gasteiger partial charge in [0.2, 0.25) is 0 Å². The highest BCUT2D eigenvalue weighted by Gasteiger charge is 2.45. The third-order valence-electron chi connectivity index (χ3n) is 6.43. The highest BCUT2D eigenvalue weighted by Crippen LogP contribution is 2.40. The highest BCUT2D eigenvalue weighted by molar-refractivity contribution is 9.10. The molecule has 1 N–H and O–H groups in total. The number of Topliss-reactive ketones (excluding diaryl/α,β-unsaturated/α-hetero) is 1. The quantitative estimate of drug-likeness (QED) is 0.205. The summed E-state index contributed by atoms with van der Waals surface area (Å²) in [7, 11) is 3.94. The molecule has 0 radical (unpaired) electrons. The number of ketones is 1. The zero-order valence-corrected chi connectivity index (χ0v) is 22.9. The molecule has 1 heterocycles. The standard InChI is InChI=1S/C30H31BrN2O4/c1-20-18-24(37-19-21-8-5-4-6-9-21)14-15-25(20)28(34)26-27(22-10-12-23(31)13-11-22)33(30(36)29(26)35)17-7-16-32(2)3/h4-6,8-15,18,27,34H,7,16-17,19H2,1-3H3/t27-/m0/s1. The number of hydrogen-bond acceptors (Lipinski definition) is 5. The predicted molar refractivity (Wildman–Crippen MR) is 148 cm³/mol. The number of ether oxygens (including phenoxy) is 1. The van der Waals surface area contributed by atoms with Crippen molar-refractivity contribution >= 4 is 33.4 Å². The van der Waals surface area contributed by atoms with Crippen molar-refractivity contribution in [1.29, 1.82) is 0 Å². The van der Waals surface area contributed by atoms with Crippen molar-refractivity contribution in [1.82, 2.24) is 9.80 Å². The van der Waals surface area contributed by atoms with Gasteiger partial charge < -0.3 is 19.6 Å². The molecule has 1 aliphatic rings. The van der Waals surface area contributed by atoms with Gasteiger partial charge in [-0.2, -0.15) is 0 Å². The Hall–Kier alpha value is -3.42. The molecule has 1 fully saturated rings. The summed E-state index contributed by atoms with van der Waals surface area (Å²) in [6.07, 6.45) is 0.708. The van der Waals surface area contributed by atoms with Gasteiger partial charge in [0.1, 0.15) is 18.1 Å². The molecule has 1 amide bonds. The SMILES string of the molecule is Cc1cc(OCc2ccccc2)ccc1C(O)=C1C(=O)C(=O)N(CCCN(C)C)[C@H]1c1ccc(Br)cc1. The lowest BCUT2D eigenvalue weighted by Gasteiger charge is -2.26. The summed E-state index contributed by atoms with van der Waals surface area (Å²) in [5.74, 6) is -0.771. The van der Waals surface area contributed by atoms with E-state index in [0.29, 0.717) is 30.9 Å². The van der Waals surface area contributed by atoms with Crippen molar-refractivity contribution in [3.63, 3.8) is 0 Å². The van der Waals surface area contributed by atoms with Gasteiger partial charge in [0.05, 0.1) is 11.6 Å². The van der Waals surface area contributed by atoms with Crippen LogP contribution in [0.25, 0.3) is 5.76 Å². The fourth-order valence-corrected chi connectivity index (χ4v) is 4.80. The number of carbonyl (C=O) groups excluding carboxylic acids is 2. The largest absolute Gasteiger partial charge is 0.507 e. The molecule has 7 heteroatoms. The Balaban J connectivity index is 1.68. The molecular formula is C30H31BrN2O4. The topological polar surface area (TPSA) is 70.1 Å². The second-order valence-electron chi connectivity index (χ2n) is 9.45. The molecule has 1 saturated heterocycles. The van der Waals surface area contributed by atoms with E-state index in [0.717, 1.165) is 27.7 Å². The van der Waals surface area contributed by atoms with Gasteiger partial charge in [0.25, 0.3) is 11.7 Å². The number of likely N-dealkylation sites (tertiary alicyclic amines) is 1. The molecule has 0 spiro atoms. The molecular weight excluding hydrogens is 532 g/mol. The molecule has 1 atom stereocenters. The van der Waals surface area contributed by atoms with E-state index in [1.807, 2.05) is 86.6 Å². The summed E-state index contributed by atoms with van der Waals surface area (Å²) in [4.78, 5) is 30.0. The van der Waals surface area contributed by atoms with Crippen LogP contribution >= 0.6 is 15.9 Å². The van der Waals surface area contributed by atoms with Gasteiger partial charge in [0, 0.05) is 16.6 Å². The third kappa shape index (κ3) is 6.12. The third-order valence-corrected chi connectivity index (χ3v) is 6.96. The Morgan fingerprint density at radius 2 is 1.73 bits per heavy atom. The van der Waals surface area contributed by atoms with Crippen LogP contribution in [0.2, 0.25) is 0 Å². The van der Waals surface area contributed by atoms with Crippen molar-refractivity contribution in [2.24, 2.45) is 0 Å². The molecule has 192 valence electrons. The van der Waals surface area contributed by atoms with Gasteiger partial charge >= 0.3 is 0 Å². The van der Waals surface area contributed by atoms with Gasteiger partial charge in [-0.15, -0.1) is 0 Å². The molecule has 0 bridgehead atoms. The Labute approximate surface area is 226 Å². The first-order valence-electron chi connectivity index (χ1n) is 12.2. The zero-order valence-electron chi connectivity index (χ0n) is 21.3. The minimum absolute atomic E-state index is 0.109. The van der Waals surface area contributed by atoms with E-state index in [1.165, 1.54) is 0 Å². The number of amides is 1. The monoisotopic (exact) mass is 562 g/mol. The number of rotatable bonds is 9. The van der Waals surface area contributed by atoms with Crippen LogP contribution in [-0.2, 0) is 16.2 Å². The summed E-state index contributed by atoms with van der Waals surface area (Å²) in [6.45, 7) is 3.46. The Kier molecular flexibility index (Phi) is 8.46. The molecule has 3 aromatic carbocycles. The molecule has 37 heavy (non-hydrogen) atoms. The van der Waals surface area contributed by atoms with E-state index < -0.39 is 17.7 Å². The van der Waals surface area contributed by atoms with Crippen LogP contribution in [0.5, 0.6) is 5.75 Å². The van der Waals surface area contributed by atoms with Crippen LogP contribution in [0, 0.1) is 6.92 Å². The maximum Gasteiger partial charge on any atom is 0.295 e. The second-order valence-corrected chi connectivity index (χ2v) is 10.4. The zero-order chi connectivity index (χ0) is 26.5. The van der Waals surface area contributed by atoms with Crippen molar-refractivity contribution in [3.05, 3.63) is 105 Å². The van der Waals surface area contributed by atoms with Crippen molar-refractivity contribution < 1.29 is 19.4 Å². The van der Waals surface area contributed by atoms with E-state index in [2.05, 4.69) is 15.9 Å². The maximum atomic E-state index is 13.3. The number of nitrogens with zero attached hydrogens (tertiary/aromatic N) is 2. The number of aliphatic hydroxyl groups is 1.